The van der Waals surface area contributed by atoms with Crippen LogP contribution in [0.25, 0.3) is 0 Å². The number of likely N-dealkylation sites (N-methyl/N-ethyl adjacent to an activating group) is 1. The van der Waals surface area contributed by atoms with Crippen LogP contribution < -0.4 is 10.2 Å². The van der Waals surface area contributed by atoms with Crippen LogP contribution in [0.2, 0.25) is 5.15 Å². The first kappa shape index (κ1) is 10.6. The van der Waals surface area contributed by atoms with Crippen molar-refractivity contribution in [1.29, 1.82) is 0 Å². The summed E-state index contributed by atoms with van der Waals surface area (Å²) in [6.07, 6.45) is 4.17. The summed E-state index contributed by atoms with van der Waals surface area (Å²) in [4.78, 5) is 10.4. The standard InChI is InChI=1S/C10H15ClN4/c1-15(7-8-3-2-5-12-8)10-13-6-4-9(11)14-10/h4,6,8,12H,2-3,5,7H2,1H3. The number of rotatable bonds is 3. The summed E-state index contributed by atoms with van der Waals surface area (Å²) in [7, 11) is 1.99. The molecule has 0 aliphatic carbocycles. The van der Waals surface area contributed by atoms with Gasteiger partial charge in [-0.2, -0.15) is 0 Å². The summed E-state index contributed by atoms with van der Waals surface area (Å²) in [5.41, 5.74) is 0. The Hall–Kier alpha value is -0.870. The van der Waals surface area contributed by atoms with E-state index in [1.54, 1.807) is 12.3 Å². The lowest BCUT2D eigenvalue weighted by molar-refractivity contribution is 0.594. The van der Waals surface area contributed by atoms with Gasteiger partial charge in [0.25, 0.3) is 0 Å². The first-order chi connectivity index (χ1) is 7.25. The largest absolute Gasteiger partial charge is 0.342 e. The smallest absolute Gasteiger partial charge is 0.226 e. The maximum atomic E-state index is 5.81. The highest BCUT2D eigenvalue weighted by Gasteiger charge is 2.17. The van der Waals surface area contributed by atoms with E-state index in [0.717, 1.165) is 13.1 Å². The van der Waals surface area contributed by atoms with Gasteiger partial charge in [-0.15, -0.1) is 0 Å². The summed E-state index contributed by atoms with van der Waals surface area (Å²) < 4.78 is 0. The van der Waals surface area contributed by atoms with E-state index in [1.807, 2.05) is 11.9 Å². The van der Waals surface area contributed by atoms with Crippen LogP contribution in [-0.4, -0.2) is 36.1 Å². The second-order valence-corrected chi connectivity index (χ2v) is 4.24. The van der Waals surface area contributed by atoms with Crippen LogP contribution in [0.5, 0.6) is 0 Å². The Balaban J connectivity index is 1.97. The maximum absolute atomic E-state index is 5.81. The number of nitrogens with one attached hydrogen (secondary N) is 1. The van der Waals surface area contributed by atoms with Crippen molar-refractivity contribution in [3.63, 3.8) is 0 Å². The zero-order valence-electron chi connectivity index (χ0n) is 8.78. The molecule has 82 valence electrons. The van der Waals surface area contributed by atoms with Crippen molar-refractivity contribution < 1.29 is 0 Å². The van der Waals surface area contributed by atoms with Gasteiger partial charge in [-0.3, -0.25) is 0 Å². The quantitative estimate of drug-likeness (QED) is 0.790. The van der Waals surface area contributed by atoms with Crippen molar-refractivity contribution in [2.24, 2.45) is 0 Å². The van der Waals surface area contributed by atoms with Gasteiger partial charge in [0.15, 0.2) is 0 Å². The van der Waals surface area contributed by atoms with E-state index < -0.39 is 0 Å². The molecular weight excluding hydrogens is 212 g/mol. The molecular formula is C10H15ClN4. The molecule has 1 N–H and O–H groups in total. The van der Waals surface area contributed by atoms with Gasteiger partial charge >= 0.3 is 0 Å². The first-order valence-corrected chi connectivity index (χ1v) is 5.56. The summed E-state index contributed by atoms with van der Waals surface area (Å²) in [5, 5.41) is 3.93. The molecule has 0 bridgehead atoms. The molecule has 1 unspecified atom stereocenters. The van der Waals surface area contributed by atoms with Crippen LogP contribution in [0, 0.1) is 0 Å². The average Bonchev–Trinajstić information content (AvgIpc) is 2.70. The van der Waals surface area contributed by atoms with Gasteiger partial charge in [0.2, 0.25) is 5.95 Å². The summed E-state index contributed by atoms with van der Waals surface area (Å²) in [5.74, 6) is 0.691. The van der Waals surface area contributed by atoms with Crippen molar-refractivity contribution in [2.75, 3.05) is 25.0 Å². The van der Waals surface area contributed by atoms with Crippen LogP contribution in [0.3, 0.4) is 0 Å². The Labute approximate surface area is 94.7 Å². The predicted octanol–water partition coefficient (Wildman–Crippen LogP) is 1.32. The fraction of sp³-hybridized carbons (Fsp3) is 0.600. The molecule has 1 aromatic heterocycles. The van der Waals surface area contributed by atoms with Crippen molar-refractivity contribution >= 4 is 17.5 Å². The van der Waals surface area contributed by atoms with Crippen LogP contribution >= 0.6 is 11.6 Å². The second-order valence-electron chi connectivity index (χ2n) is 3.85. The van der Waals surface area contributed by atoms with Gasteiger partial charge in [0.1, 0.15) is 5.15 Å². The van der Waals surface area contributed by atoms with Gasteiger partial charge in [0.05, 0.1) is 0 Å². The normalized spacial score (nSPS) is 20.5. The van der Waals surface area contributed by atoms with Crippen LogP contribution in [0.1, 0.15) is 12.8 Å². The molecule has 0 spiro atoms. The van der Waals surface area contributed by atoms with Crippen molar-refractivity contribution in [3.8, 4) is 0 Å². The van der Waals surface area contributed by atoms with Gasteiger partial charge in [0, 0.05) is 25.8 Å². The topological polar surface area (TPSA) is 41.0 Å². The van der Waals surface area contributed by atoms with Gasteiger partial charge in [-0.1, -0.05) is 11.6 Å². The summed E-state index contributed by atoms with van der Waals surface area (Å²) >= 11 is 5.81. The molecule has 1 saturated heterocycles. The maximum Gasteiger partial charge on any atom is 0.226 e. The SMILES string of the molecule is CN(CC1CCCN1)c1nccc(Cl)n1. The molecule has 0 radical (unpaired) electrons. The summed E-state index contributed by atoms with van der Waals surface area (Å²) in [6, 6.07) is 2.24. The van der Waals surface area contributed by atoms with E-state index in [-0.39, 0.29) is 0 Å². The number of nitrogens with zero attached hydrogens (tertiary/aromatic N) is 3. The van der Waals surface area contributed by atoms with E-state index in [1.165, 1.54) is 12.8 Å². The van der Waals surface area contributed by atoms with Crippen LogP contribution in [0.4, 0.5) is 5.95 Å². The third kappa shape index (κ3) is 2.79. The van der Waals surface area contributed by atoms with E-state index in [4.69, 9.17) is 11.6 Å². The zero-order chi connectivity index (χ0) is 10.7. The highest BCUT2D eigenvalue weighted by molar-refractivity contribution is 6.29. The average molecular weight is 227 g/mol. The first-order valence-electron chi connectivity index (χ1n) is 5.19. The van der Waals surface area contributed by atoms with Gasteiger partial charge in [-0.25, -0.2) is 9.97 Å². The lowest BCUT2D eigenvalue weighted by Crippen LogP contribution is -2.36. The Kier molecular flexibility index (Phi) is 3.38. The van der Waals surface area contributed by atoms with Crippen LogP contribution in [0.15, 0.2) is 12.3 Å². The van der Waals surface area contributed by atoms with E-state index in [2.05, 4.69) is 15.3 Å². The lowest BCUT2D eigenvalue weighted by Gasteiger charge is -2.21. The third-order valence-corrected chi connectivity index (χ3v) is 2.82. The molecule has 0 amide bonds. The molecule has 15 heavy (non-hydrogen) atoms. The van der Waals surface area contributed by atoms with E-state index in [9.17, 15) is 0 Å². The Bertz CT molecular complexity index is 325. The molecule has 1 aliphatic rings. The highest BCUT2D eigenvalue weighted by atomic mass is 35.5. The molecule has 4 nitrogen and oxygen atoms in total. The third-order valence-electron chi connectivity index (χ3n) is 2.61. The molecule has 0 aromatic carbocycles. The number of anilines is 1. The van der Waals surface area contributed by atoms with Crippen molar-refractivity contribution in [1.82, 2.24) is 15.3 Å². The number of hydrogen-bond acceptors (Lipinski definition) is 4. The van der Waals surface area contributed by atoms with Gasteiger partial charge in [-0.05, 0) is 25.5 Å². The number of halogens is 1. The Morgan fingerprint density at radius 1 is 1.67 bits per heavy atom. The Morgan fingerprint density at radius 2 is 2.53 bits per heavy atom. The number of hydrogen-bond donors (Lipinski definition) is 1. The molecule has 2 rings (SSSR count). The minimum Gasteiger partial charge on any atom is -0.342 e. The second kappa shape index (κ2) is 4.77. The zero-order valence-corrected chi connectivity index (χ0v) is 9.54. The number of aromatic nitrogens is 2. The van der Waals surface area contributed by atoms with Gasteiger partial charge < -0.3 is 10.2 Å². The molecule has 1 aromatic rings. The molecule has 5 heteroatoms. The minimum absolute atomic E-state index is 0.492. The molecule has 1 fully saturated rings. The molecule has 0 saturated carbocycles. The molecule has 2 heterocycles. The van der Waals surface area contributed by atoms with Crippen molar-refractivity contribution in [3.05, 3.63) is 17.4 Å². The lowest BCUT2D eigenvalue weighted by atomic mass is 10.2. The minimum atomic E-state index is 0.492. The van der Waals surface area contributed by atoms with E-state index >= 15 is 0 Å². The van der Waals surface area contributed by atoms with E-state index in [0.29, 0.717) is 17.1 Å². The highest BCUT2D eigenvalue weighted by Crippen LogP contribution is 2.12. The monoisotopic (exact) mass is 226 g/mol. The fourth-order valence-corrected chi connectivity index (χ4v) is 1.97. The van der Waals surface area contributed by atoms with Crippen LogP contribution in [-0.2, 0) is 0 Å². The van der Waals surface area contributed by atoms with Crippen molar-refractivity contribution in [2.45, 2.75) is 18.9 Å². The Morgan fingerprint density at radius 3 is 3.20 bits per heavy atom. The molecule has 1 atom stereocenters. The predicted molar refractivity (Wildman–Crippen MR) is 61.3 cm³/mol. The summed E-state index contributed by atoms with van der Waals surface area (Å²) in [6.45, 7) is 2.05. The fourth-order valence-electron chi connectivity index (χ4n) is 1.84. The molecule has 1 aliphatic heterocycles.